The molecule has 1 aromatic carbocycles. The topological polar surface area (TPSA) is 37.4 Å². The fourth-order valence-corrected chi connectivity index (χ4v) is 3.37. The lowest BCUT2D eigenvalue weighted by Gasteiger charge is -2.16. The van der Waals surface area contributed by atoms with Gasteiger partial charge in [-0.05, 0) is 53.6 Å². The van der Waals surface area contributed by atoms with Crippen molar-refractivity contribution in [2.75, 3.05) is 4.90 Å². The zero-order valence-corrected chi connectivity index (χ0v) is 12.9. The lowest BCUT2D eigenvalue weighted by Crippen LogP contribution is -2.31. The maximum atomic E-state index is 12.4. The van der Waals surface area contributed by atoms with Crippen LogP contribution >= 0.6 is 34.2 Å². The van der Waals surface area contributed by atoms with Gasteiger partial charge in [-0.15, -0.1) is 0 Å². The summed E-state index contributed by atoms with van der Waals surface area (Å²) in [6.45, 7) is 0. The molecule has 1 aliphatic heterocycles. The highest BCUT2D eigenvalue weighted by atomic mass is 127. The van der Waals surface area contributed by atoms with E-state index in [0.29, 0.717) is 23.6 Å². The SMILES string of the molecule is O=C1[C@H]2CC=CC[C@H]2C(=O)N1c1cc(I)ccc1Cl. The maximum Gasteiger partial charge on any atom is 0.238 e. The van der Waals surface area contributed by atoms with Crippen molar-refractivity contribution in [3.63, 3.8) is 0 Å². The zero-order valence-electron chi connectivity index (χ0n) is 9.98. The van der Waals surface area contributed by atoms with Crippen LogP contribution in [-0.4, -0.2) is 11.8 Å². The Labute approximate surface area is 129 Å². The molecule has 5 heteroatoms. The van der Waals surface area contributed by atoms with E-state index in [4.69, 9.17) is 11.6 Å². The molecule has 19 heavy (non-hydrogen) atoms. The molecule has 0 spiro atoms. The fraction of sp³-hybridized carbons (Fsp3) is 0.286. The first-order valence-electron chi connectivity index (χ1n) is 6.07. The average Bonchev–Trinajstić information content (AvgIpc) is 2.66. The summed E-state index contributed by atoms with van der Waals surface area (Å²) < 4.78 is 0.950. The molecule has 0 radical (unpaired) electrons. The number of anilines is 1. The van der Waals surface area contributed by atoms with Crippen molar-refractivity contribution in [1.82, 2.24) is 0 Å². The Kier molecular flexibility index (Phi) is 3.39. The summed E-state index contributed by atoms with van der Waals surface area (Å²) in [7, 11) is 0. The van der Waals surface area contributed by atoms with E-state index < -0.39 is 0 Å². The molecule has 2 atom stereocenters. The molecule has 2 amide bonds. The van der Waals surface area contributed by atoms with Gasteiger partial charge in [0.05, 0.1) is 22.5 Å². The Morgan fingerprint density at radius 1 is 1.11 bits per heavy atom. The van der Waals surface area contributed by atoms with Crippen LogP contribution in [-0.2, 0) is 9.59 Å². The third-order valence-electron chi connectivity index (χ3n) is 3.66. The van der Waals surface area contributed by atoms with Crippen LogP contribution in [0.15, 0.2) is 30.4 Å². The van der Waals surface area contributed by atoms with Gasteiger partial charge < -0.3 is 0 Å². The van der Waals surface area contributed by atoms with Gasteiger partial charge in [-0.2, -0.15) is 0 Å². The molecule has 1 fully saturated rings. The van der Waals surface area contributed by atoms with Crippen molar-refractivity contribution in [3.8, 4) is 0 Å². The van der Waals surface area contributed by atoms with Crippen molar-refractivity contribution in [1.29, 1.82) is 0 Å². The summed E-state index contributed by atoms with van der Waals surface area (Å²) in [5, 5.41) is 0.439. The first-order valence-corrected chi connectivity index (χ1v) is 7.53. The molecule has 1 saturated heterocycles. The molecule has 0 N–H and O–H groups in total. The second-order valence-electron chi connectivity index (χ2n) is 4.76. The van der Waals surface area contributed by atoms with Crippen LogP contribution in [0.25, 0.3) is 0 Å². The first kappa shape index (κ1) is 13.1. The smallest absolute Gasteiger partial charge is 0.238 e. The highest BCUT2D eigenvalue weighted by Gasteiger charge is 2.48. The molecule has 2 aliphatic rings. The van der Waals surface area contributed by atoms with Gasteiger partial charge >= 0.3 is 0 Å². The molecule has 1 heterocycles. The summed E-state index contributed by atoms with van der Waals surface area (Å²) in [5.74, 6) is -0.677. The molecule has 0 saturated carbocycles. The minimum absolute atomic E-state index is 0.122. The Bertz CT molecular complexity index is 573. The first-order chi connectivity index (χ1) is 9.09. The Hall–Kier alpha value is -0.880. The fourth-order valence-electron chi connectivity index (χ4n) is 2.69. The van der Waals surface area contributed by atoms with Gasteiger partial charge in [-0.25, -0.2) is 4.90 Å². The van der Waals surface area contributed by atoms with Crippen molar-refractivity contribution in [2.45, 2.75) is 12.8 Å². The van der Waals surface area contributed by atoms with E-state index >= 15 is 0 Å². The Morgan fingerprint density at radius 3 is 2.26 bits per heavy atom. The predicted octanol–water partition coefficient (Wildman–Crippen LogP) is 3.40. The number of carbonyl (C=O) groups is 2. The summed E-state index contributed by atoms with van der Waals surface area (Å²) in [4.78, 5) is 26.1. The summed E-state index contributed by atoms with van der Waals surface area (Å²) in [5.41, 5.74) is 0.512. The number of hydrogen-bond acceptors (Lipinski definition) is 2. The number of hydrogen-bond donors (Lipinski definition) is 0. The third kappa shape index (κ3) is 2.10. The van der Waals surface area contributed by atoms with Crippen molar-refractivity contribution >= 4 is 51.7 Å². The second kappa shape index (κ2) is 4.90. The lowest BCUT2D eigenvalue weighted by atomic mass is 9.85. The van der Waals surface area contributed by atoms with Crippen LogP contribution in [0.4, 0.5) is 5.69 Å². The van der Waals surface area contributed by atoms with E-state index in [9.17, 15) is 9.59 Å². The number of benzene rings is 1. The number of amides is 2. The van der Waals surface area contributed by atoms with Crippen molar-refractivity contribution in [2.24, 2.45) is 11.8 Å². The molecular weight excluding hydrogens is 377 g/mol. The van der Waals surface area contributed by atoms with E-state index in [0.717, 1.165) is 3.57 Å². The minimum atomic E-state index is -0.216. The van der Waals surface area contributed by atoms with Crippen LogP contribution in [0, 0.1) is 15.4 Å². The Morgan fingerprint density at radius 2 is 1.68 bits per heavy atom. The predicted molar refractivity (Wildman–Crippen MR) is 82.0 cm³/mol. The lowest BCUT2D eigenvalue weighted by molar-refractivity contribution is -0.122. The van der Waals surface area contributed by atoms with Gasteiger partial charge in [0.2, 0.25) is 11.8 Å². The van der Waals surface area contributed by atoms with E-state index in [1.54, 1.807) is 12.1 Å². The minimum Gasteiger partial charge on any atom is -0.274 e. The highest BCUT2D eigenvalue weighted by molar-refractivity contribution is 14.1. The van der Waals surface area contributed by atoms with Crippen molar-refractivity contribution in [3.05, 3.63) is 38.9 Å². The second-order valence-corrected chi connectivity index (χ2v) is 6.42. The van der Waals surface area contributed by atoms with E-state index in [-0.39, 0.29) is 23.7 Å². The van der Waals surface area contributed by atoms with Gasteiger partial charge in [0.15, 0.2) is 0 Å². The standard InChI is InChI=1S/C14H11ClINO2/c15-11-6-5-8(16)7-12(11)17-13(18)9-3-1-2-4-10(9)14(17)19/h1-2,5-7,9-10H,3-4H2/t9-,10+. The monoisotopic (exact) mass is 387 g/mol. The number of allylic oxidation sites excluding steroid dienone is 2. The summed E-state index contributed by atoms with van der Waals surface area (Å²) in [6.07, 6.45) is 5.25. The van der Waals surface area contributed by atoms with Gasteiger partial charge in [0.25, 0.3) is 0 Å². The molecule has 1 aliphatic carbocycles. The maximum absolute atomic E-state index is 12.4. The molecule has 0 aromatic heterocycles. The van der Waals surface area contributed by atoms with E-state index in [1.807, 2.05) is 18.2 Å². The van der Waals surface area contributed by atoms with Gasteiger partial charge in [-0.3, -0.25) is 9.59 Å². The van der Waals surface area contributed by atoms with Crippen LogP contribution in [0.2, 0.25) is 5.02 Å². The molecule has 3 nitrogen and oxygen atoms in total. The number of nitrogens with zero attached hydrogens (tertiary/aromatic N) is 1. The number of halogens is 2. The van der Waals surface area contributed by atoms with Crippen LogP contribution in [0.5, 0.6) is 0 Å². The molecule has 3 rings (SSSR count). The van der Waals surface area contributed by atoms with Crippen molar-refractivity contribution < 1.29 is 9.59 Å². The van der Waals surface area contributed by atoms with Gasteiger partial charge in [0.1, 0.15) is 0 Å². The Balaban J connectivity index is 2.04. The van der Waals surface area contributed by atoms with Crippen LogP contribution in [0.1, 0.15) is 12.8 Å². The quantitative estimate of drug-likeness (QED) is 0.421. The summed E-state index contributed by atoms with van der Waals surface area (Å²) >= 11 is 8.28. The normalized spacial score (nSPS) is 25.9. The van der Waals surface area contributed by atoms with Crippen LogP contribution < -0.4 is 4.90 Å². The number of imide groups is 1. The number of rotatable bonds is 1. The van der Waals surface area contributed by atoms with Gasteiger partial charge in [0, 0.05) is 3.57 Å². The molecule has 0 unspecified atom stereocenters. The number of fused-ring (bicyclic) bond motifs is 1. The zero-order chi connectivity index (χ0) is 13.6. The third-order valence-corrected chi connectivity index (χ3v) is 4.65. The van der Waals surface area contributed by atoms with Crippen LogP contribution in [0.3, 0.4) is 0 Å². The molecular formula is C14H11ClINO2. The van der Waals surface area contributed by atoms with E-state index in [2.05, 4.69) is 22.6 Å². The van der Waals surface area contributed by atoms with Gasteiger partial charge in [-0.1, -0.05) is 23.8 Å². The number of carbonyl (C=O) groups excluding carboxylic acids is 2. The molecule has 0 bridgehead atoms. The van der Waals surface area contributed by atoms with E-state index in [1.165, 1.54) is 4.90 Å². The average molecular weight is 388 g/mol. The largest absolute Gasteiger partial charge is 0.274 e. The highest BCUT2D eigenvalue weighted by Crippen LogP contribution is 2.40. The molecule has 1 aromatic rings. The molecule has 98 valence electrons. The summed E-state index contributed by atoms with van der Waals surface area (Å²) in [6, 6.07) is 5.36.